The second-order valence-corrected chi connectivity index (χ2v) is 12.4. The summed E-state index contributed by atoms with van der Waals surface area (Å²) in [6.07, 6.45) is 3.71. The number of hydrogen-bond acceptors (Lipinski definition) is 6. The molecule has 0 aliphatic carbocycles. The lowest BCUT2D eigenvalue weighted by Crippen LogP contribution is -2.47. The van der Waals surface area contributed by atoms with Crippen molar-refractivity contribution in [3.63, 3.8) is 0 Å². The number of rotatable bonds is 7. The summed E-state index contributed by atoms with van der Waals surface area (Å²) < 4.78 is 5.60. The lowest BCUT2D eigenvalue weighted by atomic mass is 10.0. The Morgan fingerprint density at radius 3 is 2.52 bits per heavy atom. The Balaban J connectivity index is 1.33. The number of nitrogens with one attached hydrogen (secondary N) is 1. The molecular weight excluding hydrogens is 601 g/mol. The number of pyridine rings is 2. The normalized spacial score (nSPS) is 16.4. The highest BCUT2D eigenvalue weighted by Gasteiger charge is 2.32. The first-order valence-corrected chi connectivity index (χ1v) is 14.7. The van der Waals surface area contributed by atoms with E-state index in [1.165, 1.54) is 0 Å². The first-order chi connectivity index (χ1) is 19.9. The molecule has 1 N–H and O–H groups in total. The molecule has 4 heterocycles. The van der Waals surface area contributed by atoms with E-state index in [2.05, 4.69) is 15.3 Å². The van der Waals surface area contributed by atoms with Gasteiger partial charge in [-0.15, -0.1) is 0 Å². The SMILES string of the molecule is CC(C)(C)OC(=O)N(CCN1Cc2cc(-c3cccc(-c4ccnc(Cl)c4Cl)c3Cl)ncc2C1=O)C[C@@H]1CCC(=O)N1. The number of aromatic nitrogens is 2. The number of hydrogen-bond donors (Lipinski definition) is 1. The van der Waals surface area contributed by atoms with E-state index in [1.807, 2.05) is 24.3 Å². The Hall–Kier alpha value is -3.40. The van der Waals surface area contributed by atoms with Crippen LogP contribution in [-0.2, 0) is 16.1 Å². The van der Waals surface area contributed by atoms with Crippen molar-refractivity contribution in [1.82, 2.24) is 25.1 Å². The number of halogens is 3. The molecule has 12 heteroatoms. The van der Waals surface area contributed by atoms with Crippen molar-refractivity contribution in [1.29, 1.82) is 0 Å². The second-order valence-electron chi connectivity index (χ2n) is 11.3. The predicted octanol–water partition coefficient (Wildman–Crippen LogP) is 6.24. The van der Waals surface area contributed by atoms with Gasteiger partial charge in [0.25, 0.3) is 5.91 Å². The lowest BCUT2D eigenvalue weighted by molar-refractivity contribution is -0.119. The highest BCUT2D eigenvalue weighted by atomic mass is 35.5. The number of nitrogens with zero attached hydrogens (tertiary/aromatic N) is 4. The van der Waals surface area contributed by atoms with Gasteiger partial charge in [-0.3, -0.25) is 14.6 Å². The fourth-order valence-corrected chi connectivity index (χ4v) is 5.76. The van der Waals surface area contributed by atoms with Crippen molar-refractivity contribution in [3.05, 3.63) is 69.1 Å². The number of benzene rings is 1. The van der Waals surface area contributed by atoms with Crippen LogP contribution < -0.4 is 5.32 Å². The van der Waals surface area contributed by atoms with E-state index >= 15 is 0 Å². The molecule has 0 spiro atoms. The van der Waals surface area contributed by atoms with Gasteiger partial charge in [0.05, 0.1) is 21.3 Å². The fraction of sp³-hybridized carbons (Fsp3) is 0.367. The molecule has 220 valence electrons. The van der Waals surface area contributed by atoms with Gasteiger partial charge in [0.15, 0.2) is 0 Å². The van der Waals surface area contributed by atoms with Crippen LogP contribution in [0.1, 0.15) is 49.5 Å². The Kier molecular flexibility index (Phi) is 8.64. The van der Waals surface area contributed by atoms with Crippen molar-refractivity contribution in [3.8, 4) is 22.4 Å². The standard InChI is InChI=1S/C30H30Cl3N5O4/c1-30(2,3)42-29(41)38(16-18-7-8-24(39)36-18)12-11-37-15-17-13-23(35-14-22(17)28(37)40)21-6-4-5-19(25(21)31)20-9-10-34-27(33)26(20)32/h4-6,9-10,13-14,18H,7-8,11-12,15-16H2,1-3H3,(H,36,39)/t18-/m0/s1. The van der Waals surface area contributed by atoms with Crippen LogP contribution >= 0.6 is 34.8 Å². The maximum Gasteiger partial charge on any atom is 0.410 e. The van der Waals surface area contributed by atoms with Crippen molar-refractivity contribution in [2.24, 2.45) is 0 Å². The largest absolute Gasteiger partial charge is 0.444 e. The summed E-state index contributed by atoms with van der Waals surface area (Å²) in [7, 11) is 0. The molecule has 0 unspecified atom stereocenters. The van der Waals surface area contributed by atoms with Gasteiger partial charge in [-0.05, 0) is 44.9 Å². The maximum absolute atomic E-state index is 13.3. The zero-order valence-electron chi connectivity index (χ0n) is 23.4. The monoisotopic (exact) mass is 629 g/mol. The summed E-state index contributed by atoms with van der Waals surface area (Å²) in [6, 6.07) is 9.00. The Morgan fingerprint density at radius 2 is 1.81 bits per heavy atom. The minimum atomic E-state index is -0.677. The average Bonchev–Trinajstić information content (AvgIpc) is 3.48. The molecule has 0 bridgehead atoms. The third kappa shape index (κ3) is 6.48. The summed E-state index contributed by atoms with van der Waals surface area (Å²) in [4.78, 5) is 49.7. The summed E-state index contributed by atoms with van der Waals surface area (Å²) in [5, 5.41) is 3.83. The molecule has 0 radical (unpaired) electrons. The smallest absolute Gasteiger partial charge is 0.410 e. The first-order valence-electron chi connectivity index (χ1n) is 13.6. The van der Waals surface area contributed by atoms with E-state index < -0.39 is 11.7 Å². The Bertz CT molecular complexity index is 1560. The van der Waals surface area contributed by atoms with Crippen LogP contribution in [0.2, 0.25) is 15.2 Å². The molecule has 1 atom stereocenters. The second kappa shape index (κ2) is 12.1. The molecule has 0 saturated carbocycles. The number of carbonyl (C=O) groups excluding carboxylic acids is 3. The van der Waals surface area contributed by atoms with Crippen LogP contribution in [0.4, 0.5) is 4.79 Å². The zero-order chi connectivity index (χ0) is 30.2. The molecular formula is C30H30Cl3N5O4. The molecule has 2 aromatic heterocycles. The number of amides is 3. The molecule has 1 fully saturated rings. The van der Waals surface area contributed by atoms with E-state index in [9.17, 15) is 14.4 Å². The number of ether oxygens (including phenoxy) is 1. The average molecular weight is 631 g/mol. The van der Waals surface area contributed by atoms with Crippen molar-refractivity contribution < 1.29 is 19.1 Å². The van der Waals surface area contributed by atoms with Gasteiger partial charge >= 0.3 is 6.09 Å². The molecule has 42 heavy (non-hydrogen) atoms. The molecule has 2 aliphatic rings. The van der Waals surface area contributed by atoms with E-state index in [0.717, 1.165) is 5.56 Å². The van der Waals surface area contributed by atoms with Gasteiger partial charge < -0.3 is 19.9 Å². The molecule has 3 aromatic rings. The topological polar surface area (TPSA) is 105 Å². The summed E-state index contributed by atoms with van der Waals surface area (Å²) in [6.45, 7) is 6.61. The van der Waals surface area contributed by atoms with E-state index in [0.29, 0.717) is 70.5 Å². The van der Waals surface area contributed by atoms with Gasteiger partial charge in [0.1, 0.15) is 10.8 Å². The van der Waals surface area contributed by atoms with Crippen LogP contribution in [0.5, 0.6) is 0 Å². The van der Waals surface area contributed by atoms with Gasteiger partial charge in [-0.2, -0.15) is 0 Å². The zero-order valence-corrected chi connectivity index (χ0v) is 25.7. The molecule has 2 aliphatic heterocycles. The van der Waals surface area contributed by atoms with Crippen molar-refractivity contribution in [2.45, 2.75) is 51.8 Å². The quantitative estimate of drug-likeness (QED) is 0.310. The third-order valence-corrected chi connectivity index (χ3v) is 8.27. The van der Waals surface area contributed by atoms with Gasteiger partial charge in [-0.1, -0.05) is 53.0 Å². The fourth-order valence-electron chi connectivity index (χ4n) is 5.07. The minimum Gasteiger partial charge on any atom is -0.444 e. The number of carbonyl (C=O) groups is 3. The molecule has 5 rings (SSSR count). The lowest BCUT2D eigenvalue weighted by Gasteiger charge is -2.30. The predicted molar refractivity (Wildman–Crippen MR) is 162 cm³/mol. The molecule has 9 nitrogen and oxygen atoms in total. The number of fused-ring (bicyclic) bond motifs is 1. The van der Waals surface area contributed by atoms with Crippen molar-refractivity contribution in [2.75, 3.05) is 19.6 Å². The highest BCUT2D eigenvalue weighted by molar-refractivity contribution is 6.43. The molecule has 1 aromatic carbocycles. The van der Waals surface area contributed by atoms with Crippen LogP contribution in [0.15, 0.2) is 42.7 Å². The van der Waals surface area contributed by atoms with Crippen LogP contribution in [0.25, 0.3) is 22.4 Å². The van der Waals surface area contributed by atoms with E-state index in [4.69, 9.17) is 39.5 Å². The van der Waals surface area contributed by atoms with Gasteiger partial charge in [0, 0.05) is 67.7 Å². The van der Waals surface area contributed by atoms with Crippen molar-refractivity contribution >= 4 is 52.7 Å². The van der Waals surface area contributed by atoms with Gasteiger partial charge in [0.2, 0.25) is 5.91 Å². The summed E-state index contributed by atoms with van der Waals surface area (Å²) >= 11 is 19.4. The van der Waals surface area contributed by atoms with E-state index in [-0.39, 0.29) is 29.6 Å². The molecule has 1 saturated heterocycles. The molecule has 3 amide bonds. The maximum atomic E-state index is 13.3. The van der Waals surface area contributed by atoms with Crippen LogP contribution in [0, 0.1) is 0 Å². The highest BCUT2D eigenvalue weighted by Crippen LogP contribution is 2.40. The summed E-state index contributed by atoms with van der Waals surface area (Å²) in [5.74, 6) is -0.198. The van der Waals surface area contributed by atoms with E-state index in [1.54, 1.807) is 49.0 Å². The van der Waals surface area contributed by atoms with Gasteiger partial charge in [-0.25, -0.2) is 9.78 Å². The van der Waals surface area contributed by atoms with Crippen LogP contribution in [-0.4, -0.2) is 69.0 Å². The summed E-state index contributed by atoms with van der Waals surface area (Å²) in [5.41, 5.74) is 3.26. The minimum absolute atomic E-state index is 0.0316. The third-order valence-electron chi connectivity index (χ3n) is 7.10. The first kappa shape index (κ1) is 30.1. The Labute approximate surface area is 259 Å². The Morgan fingerprint density at radius 1 is 1.07 bits per heavy atom. The van der Waals surface area contributed by atoms with Crippen LogP contribution in [0.3, 0.4) is 0 Å².